The average Bonchev–Trinajstić information content (AvgIpc) is 2.90. The monoisotopic (exact) mass is 317 g/mol. The van der Waals surface area contributed by atoms with Crippen molar-refractivity contribution < 1.29 is 27.8 Å². The number of aromatic carboxylic acids is 1. The molecule has 0 aromatic carbocycles. The smallest absolute Gasteiger partial charge is 0.433 e. The predicted octanol–water partition coefficient (Wildman–Crippen LogP) is 3.48. The summed E-state index contributed by atoms with van der Waals surface area (Å²) in [5, 5.41) is 10.8. The second kappa shape index (κ2) is 6.13. The van der Waals surface area contributed by atoms with E-state index < -0.39 is 29.3 Å². The summed E-state index contributed by atoms with van der Waals surface area (Å²) in [7, 11) is 0. The Labute approximate surface area is 121 Å². The van der Waals surface area contributed by atoms with Gasteiger partial charge in [0.2, 0.25) is 5.88 Å². The minimum absolute atomic E-state index is 0.0507. The van der Waals surface area contributed by atoms with Crippen molar-refractivity contribution in [3.05, 3.63) is 45.8 Å². The van der Waals surface area contributed by atoms with Gasteiger partial charge < -0.3 is 9.84 Å². The average molecular weight is 317 g/mol. The van der Waals surface area contributed by atoms with Crippen molar-refractivity contribution in [3.63, 3.8) is 0 Å². The fraction of sp³-hybridized carbons (Fsp3) is 0.231. The van der Waals surface area contributed by atoms with Crippen molar-refractivity contribution in [1.29, 1.82) is 0 Å². The Kier molecular flexibility index (Phi) is 4.46. The third-order valence-corrected chi connectivity index (χ3v) is 3.48. The third kappa shape index (κ3) is 3.94. The molecule has 112 valence electrons. The van der Waals surface area contributed by atoms with Crippen molar-refractivity contribution in [2.24, 2.45) is 0 Å². The normalized spacial score (nSPS) is 11.4. The van der Waals surface area contributed by atoms with E-state index in [0.29, 0.717) is 12.5 Å². The molecule has 0 atom stereocenters. The standard InChI is InChI=1S/C13H10F3NO3S/c14-13(15,16)10-4-3-9(12(18)19)11(17-10)20-6-5-8-2-1-7-21-8/h1-4,7H,5-6H2,(H,18,19). The van der Waals surface area contributed by atoms with Crippen LogP contribution >= 0.6 is 11.3 Å². The molecule has 0 spiro atoms. The molecule has 0 unspecified atom stereocenters. The van der Waals surface area contributed by atoms with Crippen molar-refractivity contribution >= 4 is 17.3 Å². The summed E-state index contributed by atoms with van der Waals surface area (Å²) in [5.74, 6) is -1.91. The van der Waals surface area contributed by atoms with Gasteiger partial charge in [0.05, 0.1) is 6.61 Å². The van der Waals surface area contributed by atoms with Crippen LogP contribution in [0.5, 0.6) is 5.88 Å². The topological polar surface area (TPSA) is 59.4 Å². The SMILES string of the molecule is O=C(O)c1ccc(C(F)(F)F)nc1OCCc1cccs1. The largest absolute Gasteiger partial charge is 0.477 e. The van der Waals surface area contributed by atoms with E-state index in [4.69, 9.17) is 9.84 Å². The van der Waals surface area contributed by atoms with E-state index in [9.17, 15) is 18.0 Å². The van der Waals surface area contributed by atoms with E-state index in [-0.39, 0.29) is 6.61 Å². The van der Waals surface area contributed by atoms with Crippen molar-refractivity contribution in [2.75, 3.05) is 6.61 Å². The van der Waals surface area contributed by atoms with E-state index in [2.05, 4.69) is 4.98 Å². The lowest BCUT2D eigenvalue weighted by molar-refractivity contribution is -0.141. The second-order valence-corrected chi connectivity index (χ2v) is 5.06. The maximum absolute atomic E-state index is 12.6. The van der Waals surface area contributed by atoms with Gasteiger partial charge in [-0.3, -0.25) is 0 Å². The first kappa shape index (κ1) is 15.3. The number of hydrogen-bond donors (Lipinski definition) is 1. The number of nitrogens with zero attached hydrogens (tertiary/aromatic N) is 1. The second-order valence-electron chi connectivity index (χ2n) is 4.03. The maximum atomic E-state index is 12.6. The number of ether oxygens (including phenoxy) is 1. The summed E-state index contributed by atoms with van der Waals surface area (Å²) in [6.07, 6.45) is -4.18. The molecule has 2 aromatic heterocycles. The van der Waals surface area contributed by atoms with Gasteiger partial charge in [-0.2, -0.15) is 13.2 Å². The highest BCUT2D eigenvalue weighted by molar-refractivity contribution is 7.09. The number of hydrogen-bond acceptors (Lipinski definition) is 4. The van der Waals surface area contributed by atoms with Gasteiger partial charge in [0.1, 0.15) is 11.3 Å². The molecule has 0 bridgehead atoms. The number of aromatic nitrogens is 1. The first-order chi connectivity index (χ1) is 9.88. The Bertz CT molecular complexity index is 626. The number of thiophene rings is 1. The minimum Gasteiger partial charge on any atom is -0.477 e. The Morgan fingerprint density at radius 1 is 1.33 bits per heavy atom. The fourth-order valence-corrected chi connectivity index (χ4v) is 2.26. The predicted molar refractivity (Wildman–Crippen MR) is 69.7 cm³/mol. The van der Waals surface area contributed by atoms with Gasteiger partial charge in [-0.15, -0.1) is 11.3 Å². The van der Waals surface area contributed by atoms with Crippen molar-refractivity contribution in [1.82, 2.24) is 4.98 Å². The third-order valence-electron chi connectivity index (χ3n) is 2.55. The lowest BCUT2D eigenvalue weighted by Crippen LogP contribution is -2.13. The summed E-state index contributed by atoms with van der Waals surface area (Å²) >= 11 is 1.48. The summed E-state index contributed by atoms with van der Waals surface area (Å²) in [5.41, 5.74) is -1.58. The molecule has 21 heavy (non-hydrogen) atoms. The lowest BCUT2D eigenvalue weighted by atomic mass is 10.2. The van der Waals surface area contributed by atoms with Crippen LogP contribution in [0.25, 0.3) is 0 Å². The van der Waals surface area contributed by atoms with Crippen LogP contribution in [-0.2, 0) is 12.6 Å². The molecular weight excluding hydrogens is 307 g/mol. The van der Waals surface area contributed by atoms with Crippen molar-refractivity contribution in [3.8, 4) is 5.88 Å². The number of carbonyl (C=O) groups is 1. The molecule has 0 radical (unpaired) electrons. The Balaban J connectivity index is 2.16. The minimum atomic E-state index is -4.65. The molecule has 8 heteroatoms. The lowest BCUT2D eigenvalue weighted by Gasteiger charge is -2.11. The maximum Gasteiger partial charge on any atom is 0.433 e. The van der Waals surface area contributed by atoms with E-state index in [1.54, 1.807) is 0 Å². The molecule has 4 nitrogen and oxygen atoms in total. The van der Waals surface area contributed by atoms with Gasteiger partial charge in [-0.05, 0) is 23.6 Å². The van der Waals surface area contributed by atoms with E-state index in [0.717, 1.165) is 10.9 Å². The van der Waals surface area contributed by atoms with Gasteiger partial charge in [0, 0.05) is 11.3 Å². The van der Waals surface area contributed by atoms with Crippen LogP contribution in [0.2, 0.25) is 0 Å². The van der Waals surface area contributed by atoms with Crippen molar-refractivity contribution in [2.45, 2.75) is 12.6 Å². The molecule has 0 saturated carbocycles. The molecule has 0 aliphatic heterocycles. The van der Waals surface area contributed by atoms with Crippen LogP contribution in [0.4, 0.5) is 13.2 Å². The first-order valence-electron chi connectivity index (χ1n) is 5.84. The van der Waals surface area contributed by atoms with Gasteiger partial charge >= 0.3 is 12.1 Å². The zero-order chi connectivity index (χ0) is 15.5. The van der Waals surface area contributed by atoms with Crippen LogP contribution in [0.1, 0.15) is 20.9 Å². The zero-order valence-corrected chi connectivity index (χ0v) is 11.4. The molecule has 0 amide bonds. The first-order valence-corrected chi connectivity index (χ1v) is 6.72. The van der Waals surface area contributed by atoms with Gasteiger partial charge in [-0.1, -0.05) is 6.07 Å². The highest BCUT2D eigenvalue weighted by Gasteiger charge is 2.33. The Hall–Kier alpha value is -2.09. The number of halogens is 3. The molecule has 0 aliphatic rings. The quantitative estimate of drug-likeness (QED) is 0.917. The van der Waals surface area contributed by atoms with Gasteiger partial charge in [0.25, 0.3) is 0 Å². The summed E-state index contributed by atoms with van der Waals surface area (Å²) in [4.78, 5) is 15.2. The number of carboxylic acids is 1. The molecule has 2 aromatic rings. The van der Waals surface area contributed by atoms with Crippen LogP contribution in [0.3, 0.4) is 0 Å². The number of rotatable bonds is 5. The van der Waals surface area contributed by atoms with E-state index >= 15 is 0 Å². The highest BCUT2D eigenvalue weighted by atomic mass is 32.1. The van der Waals surface area contributed by atoms with Crippen LogP contribution in [0.15, 0.2) is 29.6 Å². The molecule has 0 aliphatic carbocycles. The van der Waals surface area contributed by atoms with E-state index in [1.807, 2.05) is 17.5 Å². The molecule has 2 heterocycles. The molecular formula is C13H10F3NO3S. The van der Waals surface area contributed by atoms with Gasteiger partial charge in [-0.25, -0.2) is 9.78 Å². The van der Waals surface area contributed by atoms with Crippen LogP contribution in [-0.4, -0.2) is 22.7 Å². The summed E-state index contributed by atoms with van der Waals surface area (Å²) < 4.78 is 42.9. The number of alkyl halides is 3. The summed E-state index contributed by atoms with van der Waals surface area (Å²) in [6.45, 7) is 0.0507. The van der Waals surface area contributed by atoms with E-state index in [1.165, 1.54) is 11.3 Å². The van der Waals surface area contributed by atoms with Gasteiger partial charge in [0.15, 0.2) is 0 Å². The van der Waals surface area contributed by atoms with Crippen LogP contribution in [0, 0.1) is 0 Å². The molecule has 1 N–H and O–H groups in total. The Morgan fingerprint density at radius 3 is 2.67 bits per heavy atom. The number of carboxylic acid groups (broad SMARTS) is 1. The zero-order valence-electron chi connectivity index (χ0n) is 10.6. The molecule has 2 rings (SSSR count). The molecule has 0 saturated heterocycles. The highest BCUT2D eigenvalue weighted by Crippen LogP contribution is 2.30. The van der Waals surface area contributed by atoms with Crippen LogP contribution < -0.4 is 4.74 Å². The Morgan fingerprint density at radius 2 is 2.10 bits per heavy atom. The fourth-order valence-electron chi connectivity index (χ4n) is 1.57. The summed E-state index contributed by atoms with van der Waals surface area (Å²) in [6, 6.07) is 5.16. The number of pyridine rings is 1. The molecule has 0 fully saturated rings.